The molecule has 0 radical (unpaired) electrons. The zero-order chi connectivity index (χ0) is 17.0. The molecule has 1 aliphatic rings. The minimum Gasteiger partial charge on any atom is -0.147 e. The molecule has 0 N–H and O–H groups in total. The standard InChI is InChI=1S/C18H15Si.C5H5.3ClH.Ti/c1-4-10-16(11-5-1)19(17-12-6-2-7-13-17)18-14-8-3-9-15-18;1-2-4-5-3-1;;;;/h1-15H;1-3H,4H2;3*1H;. The fourth-order valence-electron chi connectivity index (χ4n) is 3.56. The van der Waals surface area contributed by atoms with Gasteiger partial charge in [-0.15, -0.1) is 37.2 Å². The minimum absolute atomic E-state index is 0. The molecule has 144 valence electrons. The second-order valence-corrected chi connectivity index (χ2v) is 15.5. The summed E-state index contributed by atoms with van der Waals surface area (Å²) in [5, 5.41) is 4.63. The monoisotopic (exact) mass is 480 g/mol. The van der Waals surface area contributed by atoms with Crippen LogP contribution >= 0.6 is 37.2 Å². The predicted octanol–water partition coefficient (Wildman–Crippen LogP) is 4.85. The molecule has 0 saturated carbocycles. The first-order chi connectivity index (χ1) is 12.4. The first-order valence-corrected chi connectivity index (χ1v) is 13.8. The Kier molecular flexibility index (Phi) is 10.5. The average molecular weight is 482 g/mol. The summed E-state index contributed by atoms with van der Waals surface area (Å²) in [6.07, 6.45) is 8.05. The van der Waals surface area contributed by atoms with Crippen LogP contribution < -0.4 is 15.6 Å². The van der Waals surface area contributed by atoms with E-state index in [0.29, 0.717) is 0 Å². The minimum atomic E-state index is -1.97. The van der Waals surface area contributed by atoms with E-state index in [1.54, 1.807) is 19.4 Å². The molecule has 3 aromatic rings. The van der Waals surface area contributed by atoms with Gasteiger partial charge in [0.05, 0.1) is 0 Å². The quantitative estimate of drug-likeness (QED) is 0.361. The summed E-state index contributed by atoms with van der Waals surface area (Å²) < 4.78 is 1.67. The van der Waals surface area contributed by atoms with Crippen molar-refractivity contribution >= 4 is 58.7 Å². The summed E-state index contributed by atoms with van der Waals surface area (Å²) in [6, 6.07) is 33.8. The maximum Gasteiger partial charge on any atom is -0.147 e. The summed E-state index contributed by atoms with van der Waals surface area (Å²) in [5.41, 5.74) is 0. The maximum absolute atomic E-state index is 2.37. The van der Waals surface area contributed by atoms with Crippen molar-refractivity contribution in [2.24, 2.45) is 0 Å². The molecule has 28 heavy (non-hydrogen) atoms. The van der Waals surface area contributed by atoms with Gasteiger partial charge in [0.25, 0.3) is 0 Å². The molecule has 0 bridgehead atoms. The van der Waals surface area contributed by atoms with E-state index in [4.69, 9.17) is 0 Å². The number of halogens is 3. The van der Waals surface area contributed by atoms with E-state index >= 15 is 0 Å². The Hall–Kier alpha value is -1.06. The van der Waals surface area contributed by atoms with Gasteiger partial charge in [0.2, 0.25) is 0 Å². The van der Waals surface area contributed by atoms with Crippen molar-refractivity contribution in [2.45, 2.75) is 6.42 Å². The molecule has 3 aromatic carbocycles. The summed E-state index contributed by atoms with van der Waals surface area (Å²) in [6.45, 7) is 0. The second kappa shape index (κ2) is 11.8. The maximum atomic E-state index is 2.37. The molecule has 0 fully saturated rings. The fraction of sp³-hybridized carbons (Fsp3) is 0.0435. The van der Waals surface area contributed by atoms with Crippen LogP contribution in [0.25, 0.3) is 0 Å². The first-order valence-electron chi connectivity index (χ1n) is 8.70. The summed E-state index contributed by atoms with van der Waals surface area (Å²) in [7, 11) is 0. The number of allylic oxidation sites excluding steroid dienone is 4. The van der Waals surface area contributed by atoms with Crippen molar-refractivity contribution < 1.29 is 18.4 Å². The van der Waals surface area contributed by atoms with Crippen molar-refractivity contribution in [3.8, 4) is 0 Å². The molecule has 0 atom stereocenters. The summed E-state index contributed by atoms with van der Waals surface area (Å²) in [5.74, 6) is -1.97. The van der Waals surface area contributed by atoms with Gasteiger partial charge in [0.1, 0.15) is 0 Å². The molecule has 5 heteroatoms. The zero-order valence-corrected chi connectivity index (χ0v) is 20.3. The van der Waals surface area contributed by atoms with Crippen LogP contribution in [0.5, 0.6) is 0 Å². The second-order valence-electron chi connectivity index (χ2n) is 6.30. The molecule has 0 amide bonds. The number of rotatable bonds is 5. The third-order valence-electron chi connectivity index (χ3n) is 4.74. The Morgan fingerprint density at radius 3 is 1.29 bits per heavy atom. The van der Waals surface area contributed by atoms with Gasteiger partial charge in [0.15, 0.2) is 0 Å². The molecular formula is C23H23Cl3SiTi. The molecule has 0 unspecified atom stereocenters. The van der Waals surface area contributed by atoms with E-state index in [0.717, 1.165) is 6.42 Å². The Morgan fingerprint density at radius 2 is 0.964 bits per heavy atom. The SMILES string of the molecule is C1=CC[C]([Ti][Si](c2ccccc2)(c2ccccc2)c2ccccc2)=C1.Cl.Cl.Cl. The Morgan fingerprint density at radius 1 is 0.571 bits per heavy atom. The van der Waals surface area contributed by atoms with Gasteiger partial charge >= 0.3 is 159 Å². The van der Waals surface area contributed by atoms with E-state index in [-0.39, 0.29) is 55.6 Å². The molecule has 0 heterocycles. The summed E-state index contributed by atoms with van der Waals surface area (Å²) in [4.78, 5) is 0. The van der Waals surface area contributed by atoms with Crippen molar-refractivity contribution in [1.82, 2.24) is 0 Å². The molecule has 0 aliphatic heterocycles. The number of hydrogen-bond donors (Lipinski definition) is 0. The van der Waals surface area contributed by atoms with E-state index in [1.807, 2.05) is 0 Å². The predicted molar refractivity (Wildman–Crippen MR) is 128 cm³/mol. The van der Waals surface area contributed by atoms with Crippen molar-refractivity contribution in [3.63, 3.8) is 0 Å². The van der Waals surface area contributed by atoms with Gasteiger partial charge < -0.3 is 0 Å². The van der Waals surface area contributed by atoms with E-state index in [1.165, 1.54) is 0 Å². The topological polar surface area (TPSA) is 0 Å². The third-order valence-corrected chi connectivity index (χ3v) is 16.9. The Balaban J connectivity index is 0.00000131. The van der Waals surface area contributed by atoms with Gasteiger partial charge in [-0.05, 0) is 0 Å². The molecule has 0 spiro atoms. The summed E-state index contributed by atoms with van der Waals surface area (Å²) >= 11 is -0.303. The van der Waals surface area contributed by atoms with Crippen molar-refractivity contribution in [2.75, 3.05) is 0 Å². The average Bonchev–Trinajstić information content (AvgIpc) is 3.21. The Labute approximate surface area is 195 Å². The van der Waals surface area contributed by atoms with Crippen molar-refractivity contribution in [1.29, 1.82) is 0 Å². The smallest absolute Gasteiger partial charge is 0.147 e. The van der Waals surface area contributed by atoms with Crippen LogP contribution in [0.3, 0.4) is 0 Å². The van der Waals surface area contributed by atoms with Crippen LogP contribution in [0.4, 0.5) is 0 Å². The van der Waals surface area contributed by atoms with Crippen LogP contribution in [-0.2, 0) is 18.4 Å². The third kappa shape index (κ3) is 5.10. The van der Waals surface area contributed by atoms with Gasteiger partial charge in [-0.2, -0.15) is 0 Å². The van der Waals surface area contributed by atoms with Gasteiger partial charge in [-0.25, -0.2) is 0 Å². The fourth-order valence-corrected chi connectivity index (χ4v) is 15.6. The molecule has 0 aromatic heterocycles. The number of hydrogen-bond acceptors (Lipinski definition) is 0. The van der Waals surface area contributed by atoms with Crippen molar-refractivity contribution in [3.05, 3.63) is 113 Å². The van der Waals surface area contributed by atoms with Gasteiger partial charge in [0, 0.05) is 0 Å². The van der Waals surface area contributed by atoms with E-state index in [2.05, 4.69) is 109 Å². The van der Waals surface area contributed by atoms with E-state index in [9.17, 15) is 0 Å². The largest absolute Gasteiger partial charge is 0.147 e. The molecular weight excluding hydrogens is 459 g/mol. The molecule has 1 aliphatic carbocycles. The van der Waals surface area contributed by atoms with Crippen LogP contribution in [-0.4, -0.2) is 5.94 Å². The zero-order valence-electron chi connectivity index (χ0n) is 15.3. The molecule has 4 rings (SSSR count). The van der Waals surface area contributed by atoms with Gasteiger partial charge in [-0.1, -0.05) is 0 Å². The molecule has 0 nitrogen and oxygen atoms in total. The normalized spacial score (nSPS) is 12.1. The van der Waals surface area contributed by atoms with Crippen LogP contribution in [0, 0.1) is 0 Å². The first kappa shape index (κ1) is 25.0. The van der Waals surface area contributed by atoms with Crippen LogP contribution in [0.1, 0.15) is 6.42 Å². The molecule has 0 saturated heterocycles. The van der Waals surface area contributed by atoms with E-state index < -0.39 is 5.94 Å². The van der Waals surface area contributed by atoms with Gasteiger partial charge in [-0.3, -0.25) is 0 Å². The van der Waals surface area contributed by atoms with Crippen LogP contribution in [0.2, 0.25) is 0 Å². The Bertz CT molecular complexity index is 800. The van der Waals surface area contributed by atoms with Crippen LogP contribution in [0.15, 0.2) is 113 Å². The number of benzene rings is 3.